The summed E-state index contributed by atoms with van der Waals surface area (Å²) in [5.41, 5.74) is 6.88. The molecule has 3 N–H and O–H groups in total. The second-order valence-corrected chi connectivity index (χ2v) is 4.90. The highest BCUT2D eigenvalue weighted by atomic mass is 16.7. The molecule has 7 heteroatoms. The molecule has 1 unspecified atom stereocenters. The lowest BCUT2D eigenvalue weighted by atomic mass is 10.2. The van der Waals surface area contributed by atoms with E-state index in [2.05, 4.69) is 10.3 Å². The van der Waals surface area contributed by atoms with Crippen molar-refractivity contribution in [2.24, 2.45) is 0 Å². The molecule has 1 aromatic carbocycles. The number of imidazole rings is 1. The third-order valence-corrected chi connectivity index (χ3v) is 3.33. The van der Waals surface area contributed by atoms with Crippen LogP contribution in [0, 0.1) is 0 Å². The minimum atomic E-state index is -0.123. The number of carbonyl (C=O) groups is 1. The molecule has 0 aliphatic carbocycles. The van der Waals surface area contributed by atoms with E-state index in [0.29, 0.717) is 29.3 Å². The Labute approximate surface area is 121 Å². The number of benzene rings is 1. The van der Waals surface area contributed by atoms with Crippen LogP contribution in [-0.2, 0) is 4.79 Å². The summed E-state index contributed by atoms with van der Waals surface area (Å²) >= 11 is 0. The van der Waals surface area contributed by atoms with Gasteiger partial charge in [0.1, 0.15) is 0 Å². The number of nitrogens with zero attached hydrogens (tertiary/aromatic N) is 2. The molecule has 1 amide bonds. The first-order valence-electron chi connectivity index (χ1n) is 6.60. The fraction of sp³-hybridized carbons (Fsp3) is 0.286. The minimum Gasteiger partial charge on any atom is -0.454 e. The Morgan fingerprint density at radius 2 is 2.24 bits per heavy atom. The number of rotatable bonds is 4. The predicted octanol–water partition coefficient (Wildman–Crippen LogP) is 1.78. The van der Waals surface area contributed by atoms with Crippen LogP contribution in [-0.4, -0.2) is 22.3 Å². The van der Waals surface area contributed by atoms with E-state index in [0.717, 1.165) is 0 Å². The zero-order valence-electron chi connectivity index (χ0n) is 11.6. The number of nitrogen functional groups attached to an aromatic ring is 1. The van der Waals surface area contributed by atoms with Crippen LogP contribution in [0.4, 0.5) is 11.4 Å². The molecular weight excluding hydrogens is 272 g/mol. The predicted molar refractivity (Wildman–Crippen MR) is 77.2 cm³/mol. The molecule has 1 atom stereocenters. The third-order valence-electron chi connectivity index (χ3n) is 3.33. The molecule has 2 heterocycles. The summed E-state index contributed by atoms with van der Waals surface area (Å²) in [6, 6.07) is 3.34. The molecule has 0 saturated carbocycles. The zero-order valence-corrected chi connectivity index (χ0v) is 11.6. The second-order valence-electron chi connectivity index (χ2n) is 4.90. The molecule has 3 rings (SSSR count). The molecule has 0 spiro atoms. The van der Waals surface area contributed by atoms with Gasteiger partial charge in [-0.1, -0.05) is 0 Å². The van der Waals surface area contributed by atoms with Crippen LogP contribution in [0.1, 0.15) is 19.4 Å². The number of hydrogen-bond donors (Lipinski definition) is 2. The number of nitrogens with one attached hydrogen (secondary N) is 1. The van der Waals surface area contributed by atoms with Crippen LogP contribution in [0.5, 0.6) is 11.5 Å². The molecule has 110 valence electrons. The van der Waals surface area contributed by atoms with Gasteiger partial charge in [0.2, 0.25) is 12.7 Å². The largest absolute Gasteiger partial charge is 0.454 e. The van der Waals surface area contributed by atoms with Gasteiger partial charge in [0.25, 0.3) is 0 Å². The topological polar surface area (TPSA) is 91.4 Å². The van der Waals surface area contributed by atoms with Crippen molar-refractivity contribution in [3.8, 4) is 11.5 Å². The number of nitrogens with two attached hydrogens (primary N) is 1. The van der Waals surface area contributed by atoms with Crippen molar-refractivity contribution in [3.05, 3.63) is 30.9 Å². The van der Waals surface area contributed by atoms with Crippen LogP contribution in [0.15, 0.2) is 30.9 Å². The lowest BCUT2D eigenvalue weighted by Gasteiger charge is -2.14. The maximum Gasteiger partial charge on any atom is 0.231 e. The quantitative estimate of drug-likeness (QED) is 0.837. The number of fused-ring (bicyclic) bond motifs is 1. The van der Waals surface area contributed by atoms with Crippen LogP contribution in [0.3, 0.4) is 0 Å². The van der Waals surface area contributed by atoms with Gasteiger partial charge in [-0.15, -0.1) is 0 Å². The molecule has 0 radical (unpaired) electrons. The van der Waals surface area contributed by atoms with Gasteiger partial charge in [-0.05, 0) is 6.92 Å². The average molecular weight is 288 g/mol. The van der Waals surface area contributed by atoms with Crippen molar-refractivity contribution in [1.82, 2.24) is 9.55 Å². The standard InChI is InChI=1S/C14H16N4O3/c1-9(18-3-2-16-7-18)4-14(19)17-11-6-13-12(5-10(11)15)20-8-21-13/h2-3,5-7,9H,4,8,15H2,1H3,(H,17,19). The van der Waals surface area contributed by atoms with Crippen molar-refractivity contribution >= 4 is 17.3 Å². The van der Waals surface area contributed by atoms with E-state index in [-0.39, 0.29) is 18.7 Å². The molecule has 0 fully saturated rings. The SMILES string of the molecule is CC(CC(=O)Nc1cc2c(cc1N)OCO2)n1ccnc1. The van der Waals surface area contributed by atoms with Gasteiger partial charge < -0.3 is 25.1 Å². The first-order chi connectivity index (χ1) is 10.1. The van der Waals surface area contributed by atoms with Crippen molar-refractivity contribution in [1.29, 1.82) is 0 Å². The molecule has 0 saturated heterocycles. The summed E-state index contributed by atoms with van der Waals surface area (Å²) < 4.78 is 12.4. The molecule has 7 nitrogen and oxygen atoms in total. The number of carbonyl (C=O) groups excluding carboxylic acids is 1. The average Bonchev–Trinajstić information content (AvgIpc) is 3.09. The molecular formula is C14H16N4O3. The summed E-state index contributed by atoms with van der Waals surface area (Å²) in [7, 11) is 0. The van der Waals surface area contributed by atoms with E-state index >= 15 is 0 Å². The Morgan fingerprint density at radius 3 is 2.95 bits per heavy atom. The fourth-order valence-corrected chi connectivity index (χ4v) is 2.17. The molecule has 2 aromatic rings. The Hall–Kier alpha value is -2.70. The summed E-state index contributed by atoms with van der Waals surface area (Å²) in [5, 5.41) is 2.80. The van der Waals surface area contributed by atoms with Crippen molar-refractivity contribution < 1.29 is 14.3 Å². The van der Waals surface area contributed by atoms with Gasteiger partial charge >= 0.3 is 0 Å². The van der Waals surface area contributed by atoms with E-state index in [1.807, 2.05) is 17.7 Å². The Balaban J connectivity index is 1.68. The van der Waals surface area contributed by atoms with Gasteiger partial charge in [0, 0.05) is 37.0 Å². The van der Waals surface area contributed by atoms with Crippen molar-refractivity contribution in [2.45, 2.75) is 19.4 Å². The van der Waals surface area contributed by atoms with Crippen molar-refractivity contribution in [3.63, 3.8) is 0 Å². The number of aromatic nitrogens is 2. The summed E-state index contributed by atoms with van der Waals surface area (Å²) in [6.07, 6.45) is 5.52. The second kappa shape index (κ2) is 5.35. The van der Waals surface area contributed by atoms with Gasteiger partial charge in [-0.2, -0.15) is 0 Å². The zero-order chi connectivity index (χ0) is 14.8. The number of anilines is 2. The Kier molecular flexibility index (Phi) is 3.39. The maximum absolute atomic E-state index is 12.1. The number of amides is 1. The summed E-state index contributed by atoms with van der Waals surface area (Å²) in [5.74, 6) is 1.06. The van der Waals surface area contributed by atoms with Gasteiger partial charge in [0.15, 0.2) is 11.5 Å². The maximum atomic E-state index is 12.1. The van der Waals surface area contributed by atoms with E-state index in [1.54, 1.807) is 24.7 Å². The van der Waals surface area contributed by atoms with E-state index in [1.165, 1.54) is 0 Å². The van der Waals surface area contributed by atoms with E-state index in [4.69, 9.17) is 15.2 Å². The summed E-state index contributed by atoms with van der Waals surface area (Å²) in [6.45, 7) is 2.12. The first kappa shape index (κ1) is 13.3. The molecule has 1 aliphatic rings. The van der Waals surface area contributed by atoms with Crippen LogP contribution in [0.2, 0.25) is 0 Å². The number of hydrogen-bond acceptors (Lipinski definition) is 5. The van der Waals surface area contributed by atoms with Crippen molar-refractivity contribution in [2.75, 3.05) is 17.8 Å². The van der Waals surface area contributed by atoms with Crippen LogP contribution in [0.25, 0.3) is 0 Å². The highest BCUT2D eigenvalue weighted by molar-refractivity contribution is 5.94. The number of ether oxygens (including phenoxy) is 2. The van der Waals surface area contributed by atoms with Gasteiger partial charge in [-0.3, -0.25) is 4.79 Å². The first-order valence-corrected chi connectivity index (χ1v) is 6.60. The highest BCUT2D eigenvalue weighted by Crippen LogP contribution is 2.38. The molecule has 1 aliphatic heterocycles. The van der Waals surface area contributed by atoms with Crippen LogP contribution < -0.4 is 20.5 Å². The smallest absolute Gasteiger partial charge is 0.231 e. The molecule has 1 aromatic heterocycles. The van der Waals surface area contributed by atoms with E-state index < -0.39 is 0 Å². The van der Waals surface area contributed by atoms with Gasteiger partial charge in [0.05, 0.1) is 17.7 Å². The molecule has 0 bridgehead atoms. The lowest BCUT2D eigenvalue weighted by molar-refractivity contribution is -0.116. The monoisotopic (exact) mass is 288 g/mol. The molecule has 21 heavy (non-hydrogen) atoms. The third kappa shape index (κ3) is 2.76. The fourth-order valence-electron chi connectivity index (χ4n) is 2.17. The Morgan fingerprint density at radius 1 is 1.48 bits per heavy atom. The lowest BCUT2D eigenvalue weighted by Crippen LogP contribution is -2.17. The minimum absolute atomic E-state index is 0.0164. The van der Waals surface area contributed by atoms with Crippen LogP contribution >= 0.6 is 0 Å². The Bertz CT molecular complexity index is 654. The van der Waals surface area contributed by atoms with E-state index in [9.17, 15) is 4.79 Å². The summed E-state index contributed by atoms with van der Waals surface area (Å²) in [4.78, 5) is 16.1. The normalized spacial score (nSPS) is 14.0. The van der Waals surface area contributed by atoms with Gasteiger partial charge in [-0.25, -0.2) is 4.98 Å². The highest BCUT2D eigenvalue weighted by Gasteiger charge is 2.18.